The van der Waals surface area contributed by atoms with Gasteiger partial charge in [0.05, 0.1) is 29.2 Å². The molecule has 10 heteroatoms. The van der Waals surface area contributed by atoms with E-state index in [9.17, 15) is 14.4 Å². The summed E-state index contributed by atoms with van der Waals surface area (Å²) in [6, 6.07) is 8.19. The van der Waals surface area contributed by atoms with Crippen molar-refractivity contribution in [1.29, 1.82) is 0 Å². The fourth-order valence-corrected chi connectivity index (χ4v) is 4.68. The fraction of sp³-hybridized carbons (Fsp3) is 0.292. The number of hydrogen-bond donors (Lipinski definition) is 1. The Labute approximate surface area is 200 Å². The lowest BCUT2D eigenvalue weighted by Gasteiger charge is -2.20. The van der Waals surface area contributed by atoms with Crippen LogP contribution < -0.4 is 21.5 Å². The Kier molecular flexibility index (Phi) is 6.60. The first kappa shape index (κ1) is 23.4. The van der Waals surface area contributed by atoms with Crippen molar-refractivity contribution in [2.45, 2.75) is 20.3 Å². The molecule has 176 valence electrons. The van der Waals surface area contributed by atoms with Crippen LogP contribution in [-0.4, -0.2) is 38.1 Å². The SMILES string of the molecule is CCN(CC)c1ccc(-c2csc(NC(=O)Cc3cncc4c3c(=O)n(C)c(=O)n4C)n2)cc1. The predicted molar refractivity (Wildman–Crippen MR) is 136 cm³/mol. The lowest BCUT2D eigenvalue weighted by molar-refractivity contribution is -0.115. The lowest BCUT2D eigenvalue weighted by atomic mass is 10.1. The van der Waals surface area contributed by atoms with E-state index in [2.05, 4.69) is 46.2 Å². The summed E-state index contributed by atoms with van der Waals surface area (Å²) in [5, 5.41) is 5.49. The van der Waals surface area contributed by atoms with E-state index < -0.39 is 11.2 Å². The largest absolute Gasteiger partial charge is 0.372 e. The summed E-state index contributed by atoms with van der Waals surface area (Å²) < 4.78 is 2.38. The number of hydrogen-bond acceptors (Lipinski definition) is 7. The zero-order chi connectivity index (χ0) is 24.4. The molecular formula is C24H26N6O3S. The number of nitrogens with one attached hydrogen (secondary N) is 1. The summed E-state index contributed by atoms with van der Waals surface area (Å²) in [7, 11) is 2.99. The molecule has 9 nitrogen and oxygen atoms in total. The van der Waals surface area contributed by atoms with Gasteiger partial charge < -0.3 is 10.2 Å². The van der Waals surface area contributed by atoms with Crippen molar-refractivity contribution in [3.63, 3.8) is 0 Å². The van der Waals surface area contributed by atoms with Crippen LogP contribution in [0.3, 0.4) is 0 Å². The maximum Gasteiger partial charge on any atom is 0.330 e. The number of amides is 1. The minimum absolute atomic E-state index is 0.0642. The third kappa shape index (κ3) is 4.36. The van der Waals surface area contributed by atoms with Crippen molar-refractivity contribution in [2.75, 3.05) is 23.3 Å². The van der Waals surface area contributed by atoms with Crippen LogP contribution >= 0.6 is 11.3 Å². The average Bonchev–Trinajstić information content (AvgIpc) is 3.30. The molecule has 0 saturated heterocycles. The number of rotatable bonds is 7. The molecule has 0 fully saturated rings. The summed E-state index contributed by atoms with van der Waals surface area (Å²) in [5.41, 5.74) is 2.86. The molecule has 0 unspecified atom stereocenters. The number of pyridine rings is 1. The minimum atomic E-state index is -0.451. The molecule has 0 spiro atoms. The molecule has 4 rings (SSSR count). The monoisotopic (exact) mass is 478 g/mol. The van der Waals surface area contributed by atoms with Gasteiger partial charge in [0.1, 0.15) is 0 Å². The summed E-state index contributed by atoms with van der Waals surface area (Å²) in [6.45, 7) is 6.13. The highest BCUT2D eigenvalue weighted by Gasteiger charge is 2.16. The fourth-order valence-electron chi connectivity index (χ4n) is 3.94. The summed E-state index contributed by atoms with van der Waals surface area (Å²) in [4.78, 5) is 48.6. The van der Waals surface area contributed by atoms with Crippen LogP contribution in [0.2, 0.25) is 0 Å². The van der Waals surface area contributed by atoms with Crippen molar-refractivity contribution in [2.24, 2.45) is 14.1 Å². The van der Waals surface area contributed by atoms with Crippen LogP contribution in [0.15, 0.2) is 51.6 Å². The van der Waals surface area contributed by atoms with Gasteiger partial charge in [-0.3, -0.25) is 23.7 Å². The molecule has 0 bridgehead atoms. The number of aromatic nitrogens is 4. The highest BCUT2D eigenvalue weighted by Crippen LogP contribution is 2.27. The van der Waals surface area contributed by atoms with Crippen molar-refractivity contribution in [3.05, 3.63) is 68.4 Å². The summed E-state index contributed by atoms with van der Waals surface area (Å²) >= 11 is 1.34. The number of carbonyl (C=O) groups excluding carboxylic acids is 1. The first-order valence-corrected chi connectivity index (χ1v) is 11.8. The van der Waals surface area contributed by atoms with Crippen molar-refractivity contribution in [1.82, 2.24) is 19.1 Å². The van der Waals surface area contributed by atoms with Gasteiger partial charge in [0.25, 0.3) is 5.56 Å². The third-order valence-electron chi connectivity index (χ3n) is 5.85. The van der Waals surface area contributed by atoms with Crippen LogP contribution in [0.1, 0.15) is 19.4 Å². The Balaban J connectivity index is 1.53. The smallest absolute Gasteiger partial charge is 0.330 e. The number of benzene rings is 1. The molecule has 0 aliphatic heterocycles. The van der Waals surface area contributed by atoms with E-state index in [0.717, 1.165) is 34.6 Å². The third-order valence-corrected chi connectivity index (χ3v) is 6.61. The minimum Gasteiger partial charge on any atom is -0.372 e. The number of fused-ring (bicyclic) bond motifs is 1. The van der Waals surface area contributed by atoms with Gasteiger partial charge in [0.15, 0.2) is 5.13 Å². The molecule has 0 aliphatic rings. The van der Waals surface area contributed by atoms with Crippen LogP contribution in [-0.2, 0) is 25.3 Å². The first-order valence-electron chi connectivity index (χ1n) is 11.0. The number of aryl methyl sites for hydroxylation is 1. The van der Waals surface area contributed by atoms with Crippen molar-refractivity contribution in [3.8, 4) is 11.3 Å². The first-order chi connectivity index (χ1) is 16.3. The Morgan fingerprint density at radius 3 is 2.44 bits per heavy atom. The number of nitrogens with zero attached hydrogens (tertiary/aromatic N) is 5. The molecule has 1 amide bonds. The standard InChI is InChI=1S/C24H26N6O3S/c1-5-30(6-2)17-9-7-15(8-10-17)18-14-34-23(26-18)27-20(31)11-16-12-25-13-19-21(16)22(32)29(4)24(33)28(19)3/h7-10,12-14H,5-6,11H2,1-4H3,(H,26,27,31). The second-order valence-electron chi connectivity index (χ2n) is 7.88. The number of thiazole rings is 1. The number of carbonyl (C=O) groups is 1. The molecule has 0 saturated carbocycles. The molecule has 1 aromatic carbocycles. The highest BCUT2D eigenvalue weighted by atomic mass is 32.1. The van der Waals surface area contributed by atoms with E-state index in [4.69, 9.17) is 0 Å². The van der Waals surface area contributed by atoms with Gasteiger partial charge in [-0.2, -0.15) is 0 Å². The Hall–Kier alpha value is -3.79. The highest BCUT2D eigenvalue weighted by molar-refractivity contribution is 7.14. The molecule has 4 aromatic rings. The molecule has 0 aliphatic carbocycles. The van der Waals surface area contributed by atoms with Crippen LogP contribution in [0.5, 0.6) is 0 Å². The molecule has 1 N–H and O–H groups in total. The lowest BCUT2D eigenvalue weighted by Crippen LogP contribution is -2.37. The average molecular weight is 479 g/mol. The second-order valence-corrected chi connectivity index (χ2v) is 8.74. The predicted octanol–water partition coefficient (Wildman–Crippen LogP) is 2.78. The van der Waals surface area contributed by atoms with Gasteiger partial charge >= 0.3 is 5.69 Å². The van der Waals surface area contributed by atoms with Crippen LogP contribution in [0, 0.1) is 0 Å². The van der Waals surface area contributed by atoms with Gasteiger partial charge in [0, 0.05) is 50.0 Å². The van der Waals surface area contributed by atoms with Gasteiger partial charge in [0.2, 0.25) is 5.91 Å². The Morgan fingerprint density at radius 2 is 1.76 bits per heavy atom. The maximum absolute atomic E-state index is 12.8. The molecule has 34 heavy (non-hydrogen) atoms. The normalized spacial score (nSPS) is 11.1. The van der Waals surface area contributed by atoms with E-state index in [1.54, 1.807) is 7.05 Å². The molecular weight excluding hydrogens is 452 g/mol. The maximum atomic E-state index is 12.8. The Bertz CT molecular complexity index is 1470. The topological polar surface area (TPSA) is 102 Å². The zero-order valence-corrected chi connectivity index (χ0v) is 20.3. The number of anilines is 2. The van der Waals surface area contributed by atoms with E-state index in [-0.39, 0.29) is 12.3 Å². The Morgan fingerprint density at radius 1 is 1.06 bits per heavy atom. The van der Waals surface area contributed by atoms with Gasteiger partial charge in [-0.15, -0.1) is 11.3 Å². The molecule has 0 radical (unpaired) electrons. The quantitative estimate of drug-likeness (QED) is 0.438. The van der Waals surface area contributed by atoms with Gasteiger partial charge in [-0.1, -0.05) is 12.1 Å². The molecule has 3 aromatic heterocycles. The van der Waals surface area contributed by atoms with E-state index in [1.807, 2.05) is 17.5 Å². The van der Waals surface area contributed by atoms with Crippen LogP contribution in [0.25, 0.3) is 22.2 Å². The second kappa shape index (κ2) is 9.60. The van der Waals surface area contributed by atoms with Gasteiger partial charge in [-0.05, 0) is 31.5 Å². The van der Waals surface area contributed by atoms with E-state index in [0.29, 0.717) is 21.6 Å². The summed E-state index contributed by atoms with van der Waals surface area (Å²) in [5.74, 6) is -0.317. The van der Waals surface area contributed by atoms with E-state index in [1.165, 1.54) is 35.3 Å². The van der Waals surface area contributed by atoms with Crippen LogP contribution in [0.4, 0.5) is 10.8 Å². The summed E-state index contributed by atoms with van der Waals surface area (Å²) in [6.07, 6.45) is 2.88. The molecule has 0 atom stereocenters. The molecule has 3 heterocycles. The van der Waals surface area contributed by atoms with Gasteiger partial charge in [-0.25, -0.2) is 9.78 Å². The zero-order valence-electron chi connectivity index (χ0n) is 19.5. The van der Waals surface area contributed by atoms with Crippen molar-refractivity contribution >= 4 is 39.0 Å². The van der Waals surface area contributed by atoms with E-state index >= 15 is 0 Å². The van der Waals surface area contributed by atoms with Crippen molar-refractivity contribution < 1.29 is 4.79 Å².